The smallest absolute Gasteiger partial charge is 0.243 e. The van der Waals surface area contributed by atoms with Crippen LogP contribution in [-0.4, -0.2) is 35.0 Å². The summed E-state index contributed by atoms with van der Waals surface area (Å²) in [6.07, 6.45) is 4.86. The number of hydrogen-bond acceptors (Lipinski definition) is 3. The van der Waals surface area contributed by atoms with Crippen molar-refractivity contribution in [1.82, 2.24) is 20.2 Å². The lowest BCUT2D eigenvalue weighted by Gasteiger charge is -2.12. The van der Waals surface area contributed by atoms with Crippen molar-refractivity contribution in [3.8, 4) is 0 Å². The summed E-state index contributed by atoms with van der Waals surface area (Å²) in [5.41, 5.74) is 0. The van der Waals surface area contributed by atoms with Gasteiger partial charge in [0, 0.05) is 19.4 Å². The van der Waals surface area contributed by atoms with Gasteiger partial charge in [0.2, 0.25) is 11.8 Å². The molecule has 0 saturated carbocycles. The second-order valence-electron chi connectivity index (χ2n) is 3.08. The number of hydrogen-bond donors (Lipinski definition) is 2. The highest BCUT2D eigenvalue weighted by atomic mass is 16.2. The van der Waals surface area contributed by atoms with Crippen LogP contribution >= 0.6 is 0 Å². The van der Waals surface area contributed by atoms with Gasteiger partial charge in [0.15, 0.2) is 0 Å². The molecule has 1 rings (SSSR count). The van der Waals surface area contributed by atoms with Crippen molar-refractivity contribution in [2.75, 3.05) is 13.6 Å². The maximum absolute atomic E-state index is 11.5. The maximum Gasteiger partial charge on any atom is 0.243 e. The van der Waals surface area contributed by atoms with Crippen LogP contribution in [0.1, 0.15) is 13.0 Å². The first-order valence-electron chi connectivity index (χ1n) is 4.61. The van der Waals surface area contributed by atoms with Crippen LogP contribution < -0.4 is 10.6 Å². The monoisotopic (exact) mass is 210 g/mol. The molecule has 0 aliphatic carbocycles. The fourth-order valence-electron chi connectivity index (χ4n) is 1.04. The summed E-state index contributed by atoms with van der Waals surface area (Å²) in [5, 5.41) is 4.94. The molecule has 0 radical (unpaired) electrons. The SMILES string of the molecule is CNC(=O)CNC(=O)C(C)n1ccnc1. The van der Waals surface area contributed by atoms with E-state index >= 15 is 0 Å². The molecule has 82 valence electrons. The topological polar surface area (TPSA) is 76.0 Å². The first kappa shape index (κ1) is 11.2. The lowest BCUT2D eigenvalue weighted by atomic mass is 10.3. The van der Waals surface area contributed by atoms with Gasteiger partial charge in [-0.25, -0.2) is 4.98 Å². The largest absolute Gasteiger partial charge is 0.358 e. The summed E-state index contributed by atoms with van der Waals surface area (Å²) >= 11 is 0. The van der Waals surface area contributed by atoms with E-state index in [1.54, 1.807) is 30.2 Å². The van der Waals surface area contributed by atoms with Crippen LogP contribution in [0.3, 0.4) is 0 Å². The third-order valence-electron chi connectivity index (χ3n) is 2.05. The van der Waals surface area contributed by atoms with Crippen LogP contribution in [0.5, 0.6) is 0 Å². The highest BCUT2D eigenvalue weighted by molar-refractivity contribution is 5.86. The van der Waals surface area contributed by atoms with Crippen molar-refractivity contribution in [2.45, 2.75) is 13.0 Å². The molecular formula is C9H14N4O2. The minimum absolute atomic E-state index is 0.00558. The van der Waals surface area contributed by atoms with Gasteiger partial charge >= 0.3 is 0 Å². The predicted molar refractivity (Wildman–Crippen MR) is 54.0 cm³/mol. The number of carbonyl (C=O) groups is 2. The number of rotatable bonds is 4. The van der Waals surface area contributed by atoms with Gasteiger partial charge < -0.3 is 15.2 Å². The Morgan fingerprint density at radius 1 is 1.53 bits per heavy atom. The fourth-order valence-corrected chi connectivity index (χ4v) is 1.04. The Kier molecular flexibility index (Phi) is 3.84. The minimum Gasteiger partial charge on any atom is -0.358 e. The molecule has 1 aromatic heterocycles. The van der Waals surface area contributed by atoms with E-state index in [2.05, 4.69) is 15.6 Å². The van der Waals surface area contributed by atoms with Crippen molar-refractivity contribution in [3.63, 3.8) is 0 Å². The average molecular weight is 210 g/mol. The zero-order valence-corrected chi connectivity index (χ0v) is 8.73. The van der Waals surface area contributed by atoms with Gasteiger partial charge in [0.05, 0.1) is 12.9 Å². The van der Waals surface area contributed by atoms with Crippen LogP contribution in [0.25, 0.3) is 0 Å². The van der Waals surface area contributed by atoms with E-state index in [1.165, 1.54) is 7.05 Å². The molecule has 0 aromatic carbocycles. The summed E-state index contributed by atoms with van der Waals surface area (Å²) in [6, 6.07) is -0.364. The molecule has 1 heterocycles. The molecule has 0 spiro atoms. The number of aromatic nitrogens is 2. The predicted octanol–water partition coefficient (Wildman–Crippen LogP) is -0.694. The van der Waals surface area contributed by atoms with E-state index in [-0.39, 0.29) is 24.4 Å². The quantitative estimate of drug-likeness (QED) is 0.690. The number of carbonyl (C=O) groups excluding carboxylic acids is 2. The Morgan fingerprint density at radius 3 is 2.80 bits per heavy atom. The molecule has 6 nitrogen and oxygen atoms in total. The van der Waals surface area contributed by atoms with Crippen molar-refractivity contribution in [1.29, 1.82) is 0 Å². The van der Waals surface area contributed by atoms with Crippen molar-refractivity contribution >= 4 is 11.8 Å². The van der Waals surface area contributed by atoms with Gasteiger partial charge in [-0.1, -0.05) is 0 Å². The van der Waals surface area contributed by atoms with Crippen LogP contribution in [0.2, 0.25) is 0 Å². The van der Waals surface area contributed by atoms with Gasteiger partial charge in [-0.3, -0.25) is 9.59 Å². The zero-order chi connectivity index (χ0) is 11.3. The van der Waals surface area contributed by atoms with Crippen molar-refractivity contribution < 1.29 is 9.59 Å². The molecule has 0 aliphatic heterocycles. The first-order chi connectivity index (χ1) is 7.15. The fraction of sp³-hybridized carbons (Fsp3) is 0.444. The Hall–Kier alpha value is -1.85. The van der Waals surface area contributed by atoms with Gasteiger partial charge in [0.25, 0.3) is 0 Å². The second kappa shape index (κ2) is 5.14. The normalized spacial score (nSPS) is 11.9. The summed E-state index contributed by atoms with van der Waals surface area (Å²) in [6.45, 7) is 1.73. The summed E-state index contributed by atoms with van der Waals surface area (Å²) < 4.78 is 1.67. The van der Waals surface area contributed by atoms with E-state index in [1.807, 2.05) is 0 Å². The van der Waals surface area contributed by atoms with Gasteiger partial charge in [-0.2, -0.15) is 0 Å². The van der Waals surface area contributed by atoms with Crippen LogP contribution in [0.4, 0.5) is 0 Å². The molecule has 15 heavy (non-hydrogen) atoms. The molecule has 0 aliphatic rings. The number of likely N-dealkylation sites (N-methyl/N-ethyl adjacent to an activating group) is 1. The molecule has 1 aromatic rings. The molecule has 0 fully saturated rings. The molecule has 1 atom stereocenters. The zero-order valence-electron chi connectivity index (χ0n) is 8.73. The highest BCUT2D eigenvalue weighted by Gasteiger charge is 2.14. The van der Waals surface area contributed by atoms with Crippen LogP contribution in [0, 0.1) is 0 Å². The standard InChI is InChI=1S/C9H14N4O2/c1-7(13-4-3-11-6-13)9(15)12-5-8(14)10-2/h3-4,6-7H,5H2,1-2H3,(H,10,14)(H,12,15). The lowest BCUT2D eigenvalue weighted by molar-refractivity contribution is -0.127. The Balaban J connectivity index is 2.44. The van der Waals surface area contributed by atoms with Gasteiger partial charge in [-0.15, -0.1) is 0 Å². The molecular weight excluding hydrogens is 196 g/mol. The van der Waals surface area contributed by atoms with Crippen LogP contribution in [-0.2, 0) is 9.59 Å². The number of nitrogens with zero attached hydrogens (tertiary/aromatic N) is 2. The molecule has 2 N–H and O–H groups in total. The first-order valence-corrected chi connectivity index (χ1v) is 4.61. The average Bonchev–Trinajstić information content (AvgIpc) is 2.77. The highest BCUT2D eigenvalue weighted by Crippen LogP contribution is 2.03. The summed E-state index contributed by atoms with van der Waals surface area (Å²) in [4.78, 5) is 26.2. The number of nitrogens with one attached hydrogen (secondary N) is 2. The second-order valence-corrected chi connectivity index (χ2v) is 3.08. The third-order valence-corrected chi connectivity index (χ3v) is 2.05. The van der Waals surface area contributed by atoms with Crippen molar-refractivity contribution in [2.24, 2.45) is 0 Å². The maximum atomic E-state index is 11.5. The third kappa shape index (κ3) is 3.08. The molecule has 0 saturated heterocycles. The van der Waals surface area contributed by atoms with E-state index in [4.69, 9.17) is 0 Å². The summed E-state index contributed by atoms with van der Waals surface area (Å²) in [7, 11) is 1.52. The van der Waals surface area contributed by atoms with E-state index < -0.39 is 0 Å². The van der Waals surface area contributed by atoms with Crippen molar-refractivity contribution in [3.05, 3.63) is 18.7 Å². The van der Waals surface area contributed by atoms with Gasteiger partial charge in [0.1, 0.15) is 6.04 Å². The molecule has 1 unspecified atom stereocenters. The van der Waals surface area contributed by atoms with E-state index in [9.17, 15) is 9.59 Å². The van der Waals surface area contributed by atoms with Gasteiger partial charge in [-0.05, 0) is 6.92 Å². The lowest BCUT2D eigenvalue weighted by Crippen LogP contribution is -2.38. The Bertz CT molecular complexity index is 334. The van der Waals surface area contributed by atoms with Crippen LogP contribution in [0.15, 0.2) is 18.7 Å². The molecule has 6 heteroatoms. The van der Waals surface area contributed by atoms with E-state index in [0.717, 1.165) is 0 Å². The Morgan fingerprint density at radius 2 is 2.27 bits per heavy atom. The molecule has 2 amide bonds. The number of imidazole rings is 1. The number of amides is 2. The van der Waals surface area contributed by atoms with E-state index in [0.29, 0.717) is 0 Å². The molecule has 0 bridgehead atoms. The minimum atomic E-state index is -0.364. The summed E-state index contributed by atoms with van der Waals surface area (Å²) in [5.74, 6) is -0.433. The Labute approximate surface area is 87.7 Å².